The number of halogens is 2. The molecule has 1 aromatic rings. The van der Waals surface area contributed by atoms with E-state index < -0.39 is 0 Å². The zero-order valence-electron chi connectivity index (χ0n) is 11.4. The Morgan fingerprint density at radius 3 is 2.74 bits per heavy atom. The first-order valence-corrected chi connectivity index (χ1v) is 7.44. The van der Waals surface area contributed by atoms with E-state index in [1.165, 1.54) is 0 Å². The summed E-state index contributed by atoms with van der Waals surface area (Å²) in [4.78, 5) is 12.2. The van der Waals surface area contributed by atoms with Gasteiger partial charge in [-0.25, -0.2) is 0 Å². The van der Waals surface area contributed by atoms with Gasteiger partial charge in [-0.1, -0.05) is 25.8 Å². The number of benzene rings is 1. The average molecular weight is 397 g/mol. The van der Waals surface area contributed by atoms with E-state index >= 15 is 0 Å². The number of hydrogen-bond acceptors (Lipinski definition) is 2. The number of carbonyl (C=O) groups is 1. The topological polar surface area (TPSA) is 55.1 Å². The summed E-state index contributed by atoms with van der Waals surface area (Å²) < 4.78 is 1.11. The Labute approximate surface area is 135 Å². The van der Waals surface area contributed by atoms with Crippen LogP contribution in [-0.2, 0) is 0 Å². The van der Waals surface area contributed by atoms with Gasteiger partial charge in [-0.3, -0.25) is 4.79 Å². The van der Waals surface area contributed by atoms with Gasteiger partial charge >= 0.3 is 0 Å². The third-order valence-electron chi connectivity index (χ3n) is 3.04. The molecule has 0 spiro atoms. The van der Waals surface area contributed by atoms with Crippen LogP contribution >= 0.6 is 35.0 Å². The summed E-state index contributed by atoms with van der Waals surface area (Å²) >= 11 is 2.24. The second-order valence-corrected chi connectivity index (χ2v) is 5.62. The first-order valence-electron chi connectivity index (χ1n) is 6.36. The lowest BCUT2D eigenvalue weighted by Crippen LogP contribution is -2.40. The summed E-state index contributed by atoms with van der Waals surface area (Å²) in [7, 11) is 0. The summed E-state index contributed by atoms with van der Waals surface area (Å²) in [5, 5.41) is 3.02. The van der Waals surface area contributed by atoms with Crippen molar-refractivity contribution in [2.24, 2.45) is 5.73 Å². The molecule has 0 radical (unpaired) electrons. The molecule has 3 nitrogen and oxygen atoms in total. The van der Waals surface area contributed by atoms with E-state index in [4.69, 9.17) is 5.73 Å². The van der Waals surface area contributed by atoms with Gasteiger partial charge in [-0.05, 0) is 53.6 Å². The van der Waals surface area contributed by atoms with Gasteiger partial charge in [0.15, 0.2) is 0 Å². The van der Waals surface area contributed by atoms with Crippen LogP contribution < -0.4 is 11.1 Å². The molecule has 0 saturated carbocycles. The molecule has 0 aliphatic heterocycles. The second kappa shape index (κ2) is 9.55. The Morgan fingerprint density at radius 1 is 1.47 bits per heavy atom. The van der Waals surface area contributed by atoms with Gasteiger partial charge in [0.1, 0.15) is 0 Å². The zero-order chi connectivity index (χ0) is 13.5. The minimum absolute atomic E-state index is 0. The monoisotopic (exact) mass is 396 g/mol. The molecule has 5 heteroatoms. The highest BCUT2D eigenvalue weighted by atomic mass is 127. The minimum atomic E-state index is -0.0161. The van der Waals surface area contributed by atoms with E-state index in [0.29, 0.717) is 6.54 Å². The highest BCUT2D eigenvalue weighted by Gasteiger charge is 2.14. The van der Waals surface area contributed by atoms with Crippen LogP contribution in [0.25, 0.3) is 0 Å². The smallest absolute Gasteiger partial charge is 0.251 e. The van der Waals surface area contributed by atoms with E-state index in [1.54, 1.807) is 0 Å². The van der Waals surface area contributed by atoms with Crippen molar-refractivity contribution in [2.45, 2.75) is 39.2 Å². The molecular weight excluding hydrogens is 375 g/mol. The number of carbonyl (C=O) groups excluding carboxylic acids is 1. The van der Waals surface area contributed by atoms with Gasteiger partial charge in [-0.15, -0.1) is 12.4 Å². The van der Waals surface area contributed by atoms with E-state index in [2.05, 4.69) is 34.8 Å². The summed E-state index contributed by atoms with van der Waals surface area (Å²) in [6.45, 7) is 4.61. The van der Waals surface area contributed by atoms with Crippen LogP contribution in [0.2, 0.25) is 0 Å². The van der Waals surface area contributed by atoms with E-state index in [0.717, 1.165) is 34.0 Å². The van der Waals surface area contributed by atoms with Crippen LogP contribution in [0.3, 0.4) is 0 Å². The SMILES string of the molecule is CCCCC(CN)NC(=O)c1cccc(I)c1C.Cl. The maximum absolute atomic E-state index is 12.2. The molecule has 1 rings (SSSR count). The van der Waals surface area contributed by atoms with E-state index in [9.17, 15) is 4.79 Å². The van der Waals surface area contributed by atoms with Crippen molar-refractivity contribution < 1.29 is 4.79 Å². The number of amides is 1. The van der Waals surface area contributed by atoms with Crippen molar-refractivity contribution in [2.75, 3.05) is 6.54 Å². The van der Waals surface area contributed by atoms with Crippen molar-refractivity contribution in [1.29, 1.82) is 0 Å². The molecule has 1 unspecified atom stereocenters. The number of hydrogen-bond donors (Lipinski definition) is 2. The summed E-state index contributed by atoms with van der Waals surface area (Å²) in [6, 6.07) is 5.85. The third kappa shape index (κ3) is 5.67. The van der Waals surface area contributed by atoms with Crippen molar-refractivity contribution in [3.8, 4) is 0 Å². The van der Waals surface area contributed by atoms with Gasteiger partial charge in [0.05, 0.1) is 0 Å². The van der Waals surface area contributed by atoms with Gasteiger partial charge in [0.25, 0.3) is 5.91 Å². The maximum atomic E-state index is 12.2. The van der Waals surface area contributed by atoms with Gasteiger partial charge in [-0.2, -0.15) is 0 Å². The molecule has 0 aliphatic rings. The Hall–Kier alpha value is -0.330. The lowest BCUT2D eigenvalue weighted by atomic mass is 10.1. The predicted molar refractivity (Wildman–Crippen MR) is 91.0 cm³/mol. The van der Waals surface area contributed by atoms with Crippen LogP contribution in [0, 0.1) is 10.5 Å². The van der Waals surface area contributed by atoms with Gasteiger partial charge < -0.3 is 11.1 Å². The Balaban J connectivity index is 0.00000324. The Kier molecular flexibility index (Phi) is 9.39. The first-order chi connectivity index (χ1) is 8.60. The highest BCUT2D eigenvalue weighted by molar-refractivity contribution is 14.1. The first kappa shape index (κ1) is 18.7. The highest BCUT2D eigenvalue weighted by Crippen LogP contribution is 2.16. The summed E-state index contributed by atoms with van der Waals surface area (Å²) in [6.07, 6.45) is 3.16. The standard InChI is InChI=1S/C14H21IN2O.ClH/c1-3-4-6-11(9-16)17-14(18)12-7-5-8-13(15)10(12)2;/h5,7-8,11H,3-4,6,9,16H2,1-2H3,(H,17,18);1H. The fourth-order valence-corrected chi connectivity index (χ4v) is 2.31. The molecule has 1 aromatic carbocycles. The number of rotatable bonds is 6. The van der Waals surface area contributed by atoms with Crippen molar-refractivity contribution in [3.63, 3.8) is 0 Å². The Bertz CT molecular complexity index is 412. The third-order valence-corrected chi connectivity index (χ3v) is 4.21. The van der Waals surface area contributed by atoms with E-state index in [-0.39, 0.29) is 24.4 Å². The lowest BCUT2D eigenvalue weighted by Gasteiger charge is -2.17. The number of nitrogens with one attached hydrogen (secondary N) is 1. The number of unbranched alkanes of at least 4 members (excludes halogenated alkanes) is 1. The molecule has 3 N–H and O–H groups in total. The fourth-order valence-electron chi connectivity index (χ4n) is 1.82. The van der Waals surface area contributed by atoms with Crippen LogP contribution in [0.5, 0.6) is 0 Å². The second-order valence-electron chi connectivity index (χ2n) is 4.46. The van der Waals surface area contributed by atoms with Crippen LogP contribution in [0.4, 0.5) is 0 Å². The maximum Gasteiger partial charge on any atom is 0.251 e. The fraction of sp³-hybridized carbons (Fsp3) is 0.500. The normalized spacial score (nSPS) is 11.6. The molecule has 0 bridgehead atoms. The zero-order valence-corrected chi connectivity index (χ0v) is 14.4. The molecular formula is C14H22ClIN2O. The van der Waals surface area contributed by atoms with Crippen LogP contribution in [0.15, 0.2) is 18.2 Å². The minimum Gasteiger partial charge on any atom is -0.348 e. The largest absolute Gasteiger partial charge is 0.348 e. The molecule has 0 heterocycles. The van der Waals surface area contributed by atoms with Gasteiger partial charge in [0, 0.05) is 21.7 Å². The van der Waals surface area contributed by atoms with E-state index in [1.807, 2.05) is 25.1 Å². The molecule has 1 amide bonds. The average Bonchev–Trinajstić information content (AvgIpc) is 2.37. The molecule has 0 aromatic heterocycles. The quantitative estimate of drug-likeness (QED) is 0.725. The predicted octanol–water partition coefficient (Wildman–Crippen LogP) is 3.27. The van der Waals surface area contributed by atoms with Crippen LogP contribution in [0.1, 0.15) is 42.1 Å². The molecule has 19 heavy (non-hydrogen) atoms. The summed E-state index contributed by atoms with van der Waals surface area (Å²) in [5.74, 6) is -0.0161. The summed E-state index contributed by atoms with van der Waals surface area (Å²) in [5.41, 5.74) is 7.47. The molecule has 1 atom stereocenters. The molecule has 0 saturated heterocycles. The van der Waals surface area contributed by atoms with Crippen LogP contribution in [-0.4, -0.2) is 18.5 Å². The van der Waals surface area contributed by atoms with Crippen molar-refractivity contribution >= 4 is 40.9 Å². The molecule has 0 aliphatic carbocycles. The van der Waals surface area contributed by atoms with Gasteiger partial charge in [0.2, 0.25) is 0 Å². The van der Waals surface area contributed by atoms with Crippen molar-refractivity contribution in [3.05, 3.63) is 32.9 Å². The Morgan fingerprint density at radius 2 is 2.16 bits per heavy atom. The molecule has 108 valence electrons. The van der Waals surface area contributed by atoms with Crippen molar-refractivity contribution in [1.82, 2.24) is 5.32 Å². The number of nitrogens with two attached hydrogens (primary N) is 1. The lowest BCUT2D eigenvalue weighted by molar-refractivity contribution is 0.0935. The molecule has 0 fully saturated rings.